The molecule has 3 aromatic rings. The van der Waals surface area contributed by atoms with Gasteiger partial charge in [0, 0.05) is 25.7 Å². The smallest absolute Gasteiger partial charge is 0.229 e. The Morgan fingerprint density at radius 1 is 0.897 bits per heavy atom. The SMILES string of the molecule is Cn1ncc2c(N3CCCCC3)nc(N3CC[NH+](Cc4ccccc4)CC3)nc21. The quantitative estimate of drug-likeness (QED) is 0.725. The monoisotopic (exact) mass is 392 g/mol. The van der Waals surface area contributed by atoms with Crippen molar-refractivity contribution in [2.45, 2.75) is 25.8 Å². The van der Waals surface area contributed by atoms with Crippen molar-refractivity contribution in [1.82, 2.24) is 19.7 Å². The van der Waals surface area contributed by atoms with Crippen molar-refractivity contribution >= 4 is 22.8 Å². The molecule has 2 saturated heterocycles. The minimum atomic E-state index is 0.862. The van der Waals surface area contributed by atoms with Gasteiger partial charge >= 0.3 is 0 Å². The zero-order valence-electron chi connectivity index (χ0n) is 17.2. The summed E-state index contributed by atoms with van der Waals surface area (Å²) in [6.45, 7) is 7.46. The van der Waals surface area contributed by atoms with Crippen molar-refractivity contribution in [1.29, 1.82) is 0 Å². The molecule has 4 heterocycles. The van der Waals surface area contributed by atoms with Gasteiger partial charge in [-0.2, -0.15) is 15.1 Å². The van der Waals surface area contributed by atoms with Gasteiger partial charge < -0.3 is 14.7 Å². The molecule has 0 spiro atoms. The maximum Gasteiger partial charge on any atom is 0.229 e. The van der Waals surface area contributed by atoms with Crippen LogP contribution in [0.15, 0.2) is 36.5 Å². The highest BCUT2D eigenvalue weighted by Crippen LogP contribution is 2.28. The van der Waals surface area contributed by atoms with Crippen LogP contribution in [0.5, 0.6) is 0 Å². The average molecular weight is 393 g/mol. The van der Waals surface area contributed by atoms with E-state index in [0.717, 1.165) is 68.6 Å². The minimum absolute atomic E-state index is 0.862. The first-order chi connectivity index (χ1) is 14.3. The number of quaternary nitrogens is 1. The Bertz CT molecular complexity index is 954. The molecule has 0 atom stereocenters. The highest BCUT2D eigenvalue weighted by Gasteiger charge is 2.25. The van der Waals surface area contributed by atoms with Gasteiger partial charge in [0.1, 0.15) is 12.4 Å². The van der Waals surface area contributed by atoms with E-state index in [2.05, 4.69) is 45.2 Å². The Morgan fingerprint density at radius 2 is 1.66 bits per heavy atom. The van der Waals surface area contributed by atoms with Gasteiger partial charge in [-0.15, -0.1) is 0 Å². The summed E-state index contributed by atoms with van der Waals surface area (Å²) in [5.41, 5.74) is 2.35. The van der Waals surface area contributed by atoms with E-state index in [1.165, 1.54) is 24.8 Å². The predicted octanol–water partition coefficient (Wildman–Crippen LogP) is 1.26. The second-order valence-electron chi connectivity index (χ2n) is 8.30. The first kappa shape index (κ1) is 18.4. The number of benzene rings is 1. The summed E-state index contributed by atoms with van der Waals surface area (Å²) in [6, 6.07) is 10.8. The lowest BCUT2D eigenvalue weighted by Crippen LogP contribution is -3.13. The molecule has 2 aliphatic heterocycles. The predicted molar refractivity (Wildman–Crippen MR) is 115 cm³/mol. The minimum Gasteiger partial charge on any atom is -0.356 e. The Hall–Kier alpha value is -2.67. The Balaban J connectivity index is 1.36. The molecule has 0 bridgehead atoms. The fraction of sp³-hybridized carbons (Fsp3) is 0.500. The van der Waals surface area contributed by atoms with Crippen LogP contribution in [0.1, 0.15) is 24.8 Å². The van der Waals surface area contributed by atoms with E-state index in [4.69, 9.17) is 9.97 Å². The number of nitrogens with zero attached hydrogens (tertiary/aromatic N) is 6. The maximum absolute atomic E-state index is 5.05. The van der Waals surface area contributed by atoms with Gasteiger partial charge in [-0.1, -0.05) is 30.3 Å². The number of piperidine rings is 1. The largest absolute Gasteiger partial charge is 0.356 e. The van der Waals surface area contributed by atoms with Gasteiger partial charge in [0.15, 0.2) is 5.65 Å². The number of aromatic nitrogens is 4. The summed E-state index contributed by atoms with van der Waals surface area (Å²) in [6.07, 6.45) is 5.72. The molecule has 7 heteroatoms. The topological polar surface area (TPSA) is 54.5 Å². The Kier molecular flexibility index (Phi) is 5.06. The molecule has 1 N–H and O–H groups in total. The second kappa shape index (κ2) is 7.99. The second-order valence-corrected chi connectivity index (χ2v) is 8.30. The molecule has 0 unspecified atom stereocenters. The van der Waals surface area contributed by atoms with Crippen LogP contribution in [0.3, 0.4) is 0 Å². The molecule has 29 heavy (non-hydrogen) atoms. The molecular formula is C22H30N7+. The van der Waals surface area contributed by atoms with Crippen LogP contribution in [-0.4, -0.2) is 59.0 Å². The van der Waals surface area contributed by atoms with Crippen molar-refractivity contribution in [2.24, 2.45) is 7.05 Å². The molecular weight excluding hydrogens is 362 g/mol. The first-order valence-electron chi connectivity index (χ1n) is 10.8. The number of anilines is 2. The third-order valence-corrected chi connectivity index (χ3v) is 6.27. The summed E-state index contributed by atoms with van der Waals surface area (Å²) < 4.78 is 1.88. The summed E-state index contributed by atoms with van der Waals surface area (Å²) in [5, 5.41) is 5.54. The number of piperazine rings is 1. The molecule has 1 aromatic carbocycles. The van der Waals surface area contributed by atoms with E-state index in [-0.39, 0.29) is 0 Å². The molecule has 0 saturated carbocycles. The Labute approximate surface area is 171 Å². The summed E-state index contributed by atoms with van der Waals surface area (Å²) >= 11 is 0. The number of fused-ring (bicyclic) bond motifs is 1. The molecule has 2 aliphatic rings. The molecule has 2 fully saturated rings. The molecule has 0 radical (unpaired) electrons. The third kappa shape index (κ3) is 3.79. The van der Waals surface area contributed by atoms with E-state index < -0.39 is 0 Å². The van der Waals surface area contributed by atoms with E-state index in [0.29, 0.717) is 0 Å². The lowest BCUT2D eigenvalue weighted by molar-refractivity contribution is -0.914. The van der Waals surface area contributed by atoms with Crippen LogP contribution < -0.4 is 14.7 Å². The van der Waals surface area contributed by atoms with Crippen molar-refractivity contribution in [3.63, 3.8) is 0 Å². The van der Waals surface area contributed by atoms with E-state index >= 15 is 0 Å². The van der Waals surface area contributed by atoms with Gasteiger partial charge in [0.25, 0.3) is 0 Å². The lowest BCUT2D eigenvalue weighted by atomic mass is 10.1. The highest BCUT2D eigenvalue weighted by atomic mass is 15.4. The highest BCUT2D eigenvalue weighted by molar-refractivity contribution is 5.88. The maximum atomic E-state index is 5.05. The van der Waals surface area contributed by atoms with Crippen LogP contribution in [0.25, 0.3) is 11.0 Å². The van der Waals surface area contributed by atoms with Gasteiger partial charge in [0.05, 0.1) is 37.8 Å². The standard InChI is InChI=1S/C22H29N7/c1-26-20-19(16-23-26)21(28-10-6-3-7-11-28)25-22(24-20)29-14-12-27(13-15-29)17-18-8-4-2-5-9-18/h2,4-5,8-9,16H,3,6-7,10-15,17H2,1H3/p+1. The third-order valence-electron chi connectivity index (χ3n) is 6.27. The number of hydrogen-bond acceptors (Lipinski definition) is 5. The van der Waals surface area contributed by atoms with Crippen LogP contribution in [0, 0.1) is 0 Å². The van der Waals surface area contributed by atoms with Gasteiger partial charge in [-0.3, -0.25) is 4.68 Å². The molecule has 2 aromatic heterocycles. The number of rotatable bonds is 4. The summed E-state index contributed by atoms with van der Waals surface area (Å²) in [5.74, 6) is 1.93. The molecule has 0 aliphatic carbocycles. The van der Waals surface area contributed by atoms with Crippen LogP contribution >= 0.6 is 0 Å². The fourth-order valence-electron chi connectivity index (χ4n) is 4.57. The Morgan fingerprint density at radius 3 is 2.41 bits per heavy atom. The zero-order valence-corrected chi connectivity index (χ0v) is 17.2. The normalized spacial score (nSPS) is 18.5. The molecule has 7 nitrogen and oxygen atoms in total. The van der Waals surface area contributed by atoms with E-state index in [9.17, 15) is 0 Å². The van der Waals surface area contributed by atoms with Crippen molar-refractivity contribution in [3.05, 3.63) is 42.1 Å². The van der Waals surface area contributed by atoms with Crippen LogP contribution in [0.2, 0.25) is 0 Å². The van der Waals surface area contributed by atoms with Gasteiger partial charge in [0.2, 0.25) is 5.95 Å². The van der Waals surface area contributed by atoms with E-state index in [1.54, 1.807) is 4.90 Å². The summed E-state index contributed by atoms with van der Waals surface area (Å²) in [7, 11) is 1.97. The van der Waals surface area contributed by atoms with Crippen molar-refractivity contribution in [2.75, 3.05) is 49.1 Å². The fourth-order valence-corrected chi connectivity index (χ4v) is 4.57. The molecule has 5 rings (SSSR count). The lowest BCUT2D eigenvalue weighted by Gasteiger charge is -2.33. The number of hydrogen-bond donors (Lipinski definition) is 1. The van der Waals surface area contributed by atoms with Crippen LogP contribution in [0.4, 0.5) is 11.8 Å². The number of aryl methyl sites for hydroxylation is 1. The molecule has 0 amide bonds. The number of nitrogens with one attached hydrogen (secondary N) is 1. The van der Waals surface area contributed by atoms with Gasteiger partial charge in [-0.05, 0) is 19.3 Å². The van der Waals surface area contributed by atoms with Gasteiger partial charge in [-0.25, -0.2) is 0 Å². The summed E-state index contributed by atoms with van der Waals surface area (Å²) in [4.78, 5) is 16.4. The average Bonchev–Trinajstić information content (AvgIpc) is 3.16. The first-order valence-corrected chi connectivity index (χ1v) is 10.8. The molecule has 152 valence electrons. The van der Waals surface area contributed by atoms with Crippen molar-refractivity contribution < 1.29 is 4.90 Å². The van der Waals surface area contributed by atoms with Crippen molar-refractivity contribution in [3.8, 4) is 0 Å². The van der Waals surface area contributed by atoms with Crippen LogP contribution in [-0.2, 0) is 13.6 Å². The zero-order chi connectivity index (χ0) is 19.6. The van der Waals surface area contributed by atoms with E-state index in [1.807, 2.05) is 17.9 Å².